The van der Waals surface area contributed by atoms with Crippen LogP contribution in [0, 0.1) is 11.8 Å². The summed E-state index contributed by atoms with van der Waals surface area (Å²) in [6.45, 7) is 5.96. The minimum Gasteiger partial charge on any atom is -0.352 e. The first-order chi connectivity index (χ1) is 10.4. The van der Waals surface area contributed by atoms with Crippen molar-refractivity contribution in [2.75, 3.05) is 6.54 Å². The van der Waals surface area contributed by atoms with E-state index in [0.29, 0.717) is 18.3 Å². The van der Waals surface area contributed by atoms with Gasteiger partial charge in [-0.15, -0.1) is 0 Å². The molecule has 1 aliphatic heterocycles. The summed E-state index contributed by atoms with van der Waals surface area (Å²) >= 11 is 0. The van der Waals surface area contributed by atoms with Gasteiger partial charge in [-0.1, -0.05) is 33.6 Å². The van der Waals surface area contributed by atoms with Gasteiger partial charge in [-0.05, 0) is 31.1 Å². The van der Waals surface area contributed by atoms with E-state index < -0.39 is 12.1 Å². The van der Waals surface area contributed by atoms with Crippen molar-refractivity contribution in [1.82, 2.24) is 15.5 Å². The molecule has 0 radical (unpaired) electrons. The third kappa shape index (κ3) is 3.99. The molecule has 2 aliphatic rings. The third-order valence-electron chi connectivity index (χ3n) is 4.57. The van der Waals surface area contributed by atoms with E-state index in [9.17, 15) is 14.4 Å². The highest BCUT2D eigenvalue weighted by atomic mass is 16.2. The molecule has 6 heteroatoms. The predicted octanol–water partition coefficient (Wildman–Crippen LogP) is 1.65. The van der Waals surface area contributed by atoms with Gasteiger partial charge in [0.2, 0.25) is 5.91 Å². The fourth-order valence-corrected chi connectivity index (χ4v) is 3.28. The van der Waals surface area contributed by atoms with E-state index in [2.05, 4.69) is 17.6 Å². The van der Waals surface area contributed by atoms with Crippen LogP contribution in [-0.4, -0.2) is 41.4 Å². The minimum absolute atomic E-state index is 0.161. The van der Waals surface area contributed by atoms with Gasteiger partial charge in [-0.25, -0.2) is 4.79 Å². The van der Waals surface area contributed by atoms with Crippen molar-refractivity contribution in [1.29, 1.82) is 0 Å². The molecular formula is C16H27N3O3. The summed E-state index contributed by atoms with van der Waals surface area (Å²) in [5.41, 5.74) is 0. The number of rotatable bonds is 5. The standard InChI is InChI=1S/C16H27N3O3/c1-10(2)8-13-15(21)19(16(22)18-13)9-14(20)17-12-7-5-4-6-11(12)3/h10-13H,4-9H2,1-3H3,(H,17,20)(H,18,22)/t11-,12+,13+/m1/s1. The Hall–Kier alpha value is -1.59. The number of amides is 4. The fourth-order valence-electron chi connectivity index (χ4n) is 3.28. The first kappa shape index (κ1) is 16.8. The first-order valence-corrected chi connectivity index (χ1v) is 8.29. The van der Waals surface area contributed by atoms with E-state index in [1.807, 2.05) is 13.8 Å². The van der Waals surface area contributed by atoms with Crippen LogP contribution in [0.25, 0.3) is 0 Å². The minimum atomic E-state index is -0.492. The molecule has 0 bridgehead atoms. The smallest absolute Gasteiger partial charge is 0.325 e. The molecule has 2 N–H and O–H groups in total. The summed E-state index contributed by atoms with van der Waals surface area (Å²) in [6, 6.07) is -0.787. The second kappa shape index (κ2) is 7.11. The van der Waals surface area contributed by atoms with Crippen LogP contribution in [0.15, 0.2) is 0 Å². The van der Waals surface area contributed by atoms with Gasteiger partial charge >= 0.3 is 6.03 Å². The third-order valence-corrected chi connectivity index (χ3v) is 4.57. The highest BCUT2D eigenvalue weighted by molar-refractivity contribution is 6.06. The number of hydrogen-bond donors (Lipinski definition) is 2. The van der Waals surface area contributed by atoms with Crippen LogP contribution in [0.5, 0.6) is 0 Å². The zero-order valence-electron chi connectivity index (χ0n) is 13.7. The number of imide groups is 1. The lowest BCUT2D eigenvalue weighted by molar-refractivity contribution is -0.132. The predicted molar refractivity (Wildman–Crippen MR) is 83.1 cm³/mol. The maximum atomic E-state index is 12.2. The summed E-state index contributed by atoms with van der Waals surface area (Å²) in [5, 5.41) is 5.64. The van der Waals surface area contributed by atoms with Gasteiger partial charge in [-0.3, -0.25) is 14.5 Å². The molecule has 1 aliphatic carbocycles. The van der Waals surface area contributed by atoms with Gasteiger partial charge in [0, 0.05) is 6.04 Å². The Labute approximate surface area is 132 Å². The molecule has 2 rings (SSSR count). The molecule has 0 aromatic heterocycles. The average Bonchev–Trinajstić information content (AvgIpc) is 2.68. The molecule has 0 aromatic rings. The number of nitrogens with one attached hydrogen (secondary N) is 2. The highest BCUT2D eigenvalue weighted by Gasteiger charge is 2.39. The van der Waals surface area contributed by atoms with Crippen molar-refractivity contribution in [3.8, 4) is 0 Å². The quantitative estimate of drug-likeness (QED) is 0.758. The normalized spacial score (nSPS) is 28.9. The van der Waals surface area contributed by atoms with Gasteiger partial charge in [-0.2, -0.15) is 0 Å². The Balaban J connectivity index is 1.88. The zero-order chi connectivity index (χ0) is 16.3. The van der Waals surface area contributed by atoms with Crippen LogP contribution >= 0.6 is 0 Å². The molecular weight excluding hydrogens is 282 g/mol. The largest absolute Gasteiger partial charge is 0.352 e. The molecule has 0 spiro atoms. The number of hydrogen-bond acceptors (Lipinski definition) is 3. The summed E-state index contributed by atoms with van der Waals surface area (Å²) in [7, 11) is 0. The van der Waals surface area contributed by atoms with Crippen LogP contribution in [0.1, 0.15) is 52.9 Å². The van der Waals surface area contributed by atoms with Crippen LogP contribution in [0.3, 0.4) is 0 Å². The lowest BCUT2D eigenvalue weighted by atomic mass is 9.86. The van der Waals surface area contributed by atoms with E-state index in [1.165, 1.54) is 6.42 Å². The van der Waals surface area contributed by atoms with Gasteiger partial charge in [0.05, 0.1) is 0 Å². The van der Waals surface area contributed by atoms with Crippen LogP contribution in [0.2, 0.25) is 0 Å². The van der Waals surface area contributed by atoms with Gasteiger partial charge in [0.25, 0.3) is 5.91 Å². The number of carbonyl (C=O) groups excluding carboxylic acids is 3. The maximum Gasteiger partial charge on any atom is 0.325 e. The molecule has 2 fully saturated rings. The topological polar surface area (TPSA) is 78.5 Å². The Kier molecular flexibility index (Phi) is 5.42. The van der Waals surface area contributed by atoms with Crippen molar-refractivity contribution >= 4 is 17.8 Å². The Bertz CT molecular complexity index is 450. The van der Waals surface area contributed by atoms with Gasteiger partial charge in [0.1, 0.15) is 12.6 Å². The Morgan fingerprint density at radius 3 is 2.64 bits per heavy atom. The summed E-state index contributed by atoms with van der Waals surface area (Å²) < 4.78 is 0. The van der Waals surface area contributed by atoms with Gasteiger partial charge in [0.15, 0.2) is 0 Å². The number of nitrogens with zero attached hydrogens (tertiary/aromatic N) is 1. The van der Waals surface area contributed by atoms with Gasteiger partial charge < -0.3 is 10.6 Å². The molecule has 1 saturated heterocycles. The molecule has 1 heterocycles. The van der Waals surface area contributed by atoms with Crippen LogP contribution in [0.4, 0.5) is 4.79 Å². The van der Waals surface area contributed by atoms with Crippen LogP contribution < -0.4 is 10.6 Å². The molecule has 22 heavy (non-hydrogen) atoms. The lowest BCUT2D eigenvalue weighted by Gasteiger charge is -2.29. The van der Waals surface area contributed by atoms with Crippen molar-refractivity contribution in [3.63, 3.8) is 0 Å². The number of carbonyl (C=O) groups is 3. The Morgan fingerprint density at radius 2 is 2.00 bits per heavy atom. The van der Waals surface area contributed by atoms with E-state index in [-0.39, 0.29) is 24.4 Å². The number of urea groups is 1. The summed E-state index contributed by atoms with van der Waals surface area (Å²) in [6.07, 6.45) is 5.02. The zero-order valence-corrected chi connectivity index (χ0v) is 13.7. The first-order valence-electron chi connectivity index (χ1n) is 8.29. The molecule has 0 aromatic carbocycles. The SMILES string of the molecule is CC(C)C[C@@H]1NC(=O)N(CC(=O)N[C@H]2CCCC[C@H]2C)C1=O. The van der Waals surface area contributed by atoms with Crippen molar-refractivity contribution in [3.05, 3.63) is 0 Å². The van der Waals surface area contributed by atoms with E-state index >= 15 is 0 Å². The Morgan fingerprint density at radius 1 is 1.32 bits per heavy atom. The van der Waals surface area contributed by atoms with E-state index in [0.717, 1.165) is 24.2 Å². The van der Waals surface area contributed by atoms with E-state index in [4.69, 9.17) is 0 Å². The second-order valence-corrected chi connectivity index (χ2v) is 6.99. The highest BCUT2D eigenvalue weighted by Crippen LogP contribution is 2.23. The maximum absolute atomic E-state index is 12.2. The fraction of sp³-hybridized carbons (Fsp3) is 0.812. The summed E-state index contributed by atoms with van der Waals surface area (Å²) in [5.74, 6) is 0.235. The molecule has 4 amide bonds. The van der Waals surface area contributed by atoms with E-state index in [1.54, 1.807) is 0 Å². The molecule has 0 unspecified atom stereocenters. The van der Waals surface area contributed by atoms with Crippen LogP contribution in [-0.2, 0) is 9.59 Å². The van der Waals surface area contributed by atoms with Crippen molar-refractivity contribution in [2.24, 2.45) is 11.8 Å². The van der Waals surface area contributed by atoms with Crippen molar-refractivity contribution in [2.45, 2.75) is 65.0 Å². The summed E-state index contributed by atoms with van der Waals surface area (Å²) in [4.78, 5) is 37.3. The second-order valence-electron chi connectivity index (χ2n) is 6.99. The lowest BCUT2D eigenvalue weighted by Crippen LogP contribution is -2.47. The molecule has 3 atom stereocenters. The molecule has 124 valence electrons. The van der Waals surface area contributed by atoms with Crippen molar-refractivity contribution < 1.29 is 14.4 Å². The molecule has 6 nitrogen and oxygen atoms in total. The molecule has 1 saturated carbocycles. The monoisotopic (exact) mass is 309 g/mol. The average molecular weight is 309 g/mol.